The van der Waals surface area contributed by atoms with Crippen LogP contribution in [0.15, 0.2) is 72.8 Å². The summed E-state index contributed by atoms with van der Waals surface area (Å²) in [4.78, 5) is 0. The van der Waals surface area contributed by atoms with Crippen LogP contribution in [-0.2, 0) is 25.7 Å². The van der Waals surface area contributed by atoms with E-state index in [1.807, 2.05) is 24.3 Å². The molecule has 60 heavy (non-hydrogen) atoms. The maximum atomic E-state index is 9.76. The highest BCUT2D eigenvalue weighted by atomic mass is 16.7. The molecule has 4 aromatic carbocycles. The Balaban J connectivity index is 0.000000181. The summed E-state index contributed by atoms with van der Waals surface area (Å²) in [7, 11) is 0. The van der Waals surface area contributed by atoms with Crippen molar-refractivity contribution in [1.29, 1.82) is 0 Å². The Morgan fingerprint density at radius 3 is 0.850 bits per heavy atom. The predicted octanol–water partition coefficient (Wildman–Crippen LogP) is 7.41. The number of benzene rings is 4. The van der Waals surface area contributed by atoms with Gasteiger partial charge in [-0.3, -0.25) is 0 Å². The third-order valence-corrected chi connectivity index (χ3v) is 12.0. The second-order valence-electron chi connectivity index (χ2n) is 16.1. The third-order valence-electron chi connectivity index (χ3n) is 12.0. The van der Waals surface area contributed by atoms with Crippen LogP contribution >= 0.6 is 0 Å². The molecule has 4 atom stereocenters. The SMILES string of the molecule is OCCCC[C@@H](Cc1ccc2c(c1)OCO2)[C@@H](CCO)Cc1ccc2c(c1)OCO2.OCCCC[C@H](Cc1ccc2c(c1)OCO2)[C@H](CCO)Cc1ccc2c(c1)OCO2. The van der Waals surface area contributed by atoms with Gasteiger partial charge in [0.2, 0.25) is 27.2 Å². The Morgan fingerprint density at radius 2 is 0.583 bits per heavy atom. The second kappa shape index (κ2) is 22.1. The van der Waals surface area contributed by atoms with Crippen molar-refractivity contribution < 1.29 is 58.3 Å². The first kappa shape index (κ1) is 43.2. The summed E-state index contributed by atoms with van der Waals surface area (Å²) in [5.74, 6) is 7.76. The number of hydrogen-bond acceptors (Lipinski definition) is 12. The Kier molecular flexibility index (Phi) is 15.9. The van der Waals surface area contributed by atoms with Gasteiger partial charge in [-0.1, -0.05) is 37.1 Å². The summed E-state index contributed by atoms with van der Waals surface area (Å²) >= 11 is 0. The van der Waals surface area contributed by atoms with Crippen LogP contribution in [0.25, 0.3) is 0 Å². The molecule has 0 aromatic heterocycles. The van der Waals surface area contributed by atoms with E-state index in [2.05, 4.69) is 48.5 Å². The summed E-state index contributed by atoms with van der Waals surface area (Å²) in [6.07, 6.45) is 10.6. The van der Waals surface area contributed by atoms with Gasteiger partial charge in [0.05, 0.1) is 0 Å². The molecular formula is C48H60O12. The molecule has 8 rings (SSSR count). The van der Waals surface area contributed by atoms with Crippen LogP contribution in [-0.4, -0.2) is 74.0 Å². The number of hydrogen-bond donors (Lipinski definition) is 4. The Hall–Kier alpha value is -4.88. The van der Waals surface area contributed by atoms with Crippen LogP contribution < -0.4 is 37.9 Å². The van der Waals surface area contributed by atoms with E-state index in [9.17, 15) is 20.4 Å². The molecule has 4 aliphatic heterocycles. The van der Waals surface area contributed by atoms with E-state index >= 15 is 0 Å². The Bertz CT molecular complexity index is 1810. The molecule has 4 heterocycles. The van der Waals surface area contributed by atoms with Gasteiger partial charge in [0, 0.05) is 26.4 Å². The van der Waals surface area contributed by atoms with Crippen LogP contribution in [0.2, 0.25) is 0 Å². The zero-order chi connectivity index (χ0) is 41.5. The third kappa shape index (κ3) is 11.7. The van der Waals surface area contributed by atoms with Crippen molar-refractivity contribution in [3.05, 3.63) is 95.1 Å². The molecule has 0 fully saturated rings. The number of aliphatic hydroxyl groups is 4. The average Bonchev–Trinajstić information content (AvgIpc) is 4.10. The fourth-order valence-electron chi connectivity index (χ4n) is 8.87. The molecule has 324 valence electrons. The van der Waals surface area contributed by atoms with Crippen molar-refractivity contribution in [1.82, 2.24) is 0 Å². The summed E-state index contributed by atoms with van der Waals surface area (Å²) in [6, 6.07) is 24.5. The van der Waals surface area contributed by atoms with Crippen LogP contribution in [0.5, 0.6) is 46.0 Å². The Labute approximate surface area is 352 Å². The van der Waals surface area contributed by atoms with Crippen molar-refractivity contribution in [3.63, 3.8) is 0 Å². The molecule has 0 aliphatic carbocycles. The van der Waals surface area contributed by atoms with Gasteiger partial charge in [-0.2, -0.15) is 0 Å². The fraction of sp³-hybridized carbons (Fsp3) is 0.500. The molecule has 0 spiro atoms. The van der Waals surface area contributed by atoms with Gasteiger partial charge in [0.25, 0.3) is 0 Å². The van der Waals surface area contributed by atoms with Gasteiger partial charge in [-0.05, 0) is 159 Å². The van der Waals surface area contributed by atoms with Gasteiger partial charge in [-0.15, -0.1) is 0 Å². The maximum absolute atomic E-state index is 9.76. The van der Waals surface area contributed by atoms with Crippen molar-refractivity contribution in [2.75, 3.05) is 53.6 Å². The molecule has 4 N–H and O–H groups in total. The lowest BCUT2D eigenvalue weighted by molar-refractivity contribution is 0.173. The maximum Gasteiger partial charge on any atom is 0.231 e. The molecule has 0 saturated heterocycles. The van der Waals surface area contributed by atoms with E-state index in [4.69, 9.17) is 37.9 Å². The monoisotopic (exact) mass is 828 g/mol. The molecule has 12 heteroatoms. The lowest BCUT2D eigenvalue weighted by Crippen LogP contribution is -2.21. The van der Waals surface area contributed by atoms with E-state index in [-0.39, 0.29) is 53.6 Å². The van der Waals surface area contributed by atoms with E-state index < -0.39 is 0 Å². The zero-order valence-electron chi connectivity index (χ0n) is 34.4. The molecule has 0 bridgehead atoms. The largest absolute Gasteiger partial charge is 0.454 e. The lowest BCUT2D eigenvalue weighted by Gasteiger charge is -2.27. The zero-order valence-corrected chi connectivity index (χ0v) is 34.4. The van der Waals surface area contributed by atoms with Crippen molar-refractivity contribution in [2.24, 2.45) is 23.7 Å². The predicted molar refractivity (Wildman–Crippen MR) is 224 cm³/mol. The number of fused-ring (bicyclic) bond motifs is 4. The molecule has 12 nitrogen and oxygen atoms in total. The van der Waals surface area contributed by atoms with Crippen molar-refractivity contribution in [2.45, 2.75) is 77.0 Å². The molecule has 0 unspecified atom stereocenters. The van der Waals surface area contributed by atoms with Crippen LogP contribution in [0.3, 0.4) is 0 Å². The molecule has 0 saturated carbocycles. The molecule has 4 aromatic rings. The molecule has 0 amide bonds. The van der Waals surface area contributed by atoms with E-state index in [0.717, 1.165) is 123 Å². The van der Waals surface area contributed by atoms with E-state index in [1.165, 1.54) is 22.3 Å². The van der Waals surface area contributed by atoms with Gasteiger partial charge >= 0.3 is 0 Å². The first-order valence-corrected chi connectivity index (χ1v) is 21.5. The highest BCUT2D eigenvalue weighted by Gasteiger charge is 2.26. The van der Waals surface area contributed by atoms with Crippen LogP contribution in [0, 0.1) is 23.7 Å². The highest BCUT2D eigenvalue weighted by molar-refractivity contribution is 5.47. The first-order chi connectivity index (χ1) is 29.5. The van der Waals surface area contributed by atoms with Gasteiger partial charge < -0.3 is 58.3 Å². The summed E-state index contributed by atoms with van der Waals surface area (Å²) in [6.45, 7) is 1.83. The highest BCUT2D eigenvalue weighted by Crippen LogP contribution is 2.39. The minimum Gasteiger partial charge on any atom is -0.454 e. The summed E-state index contributed by atoms with van der Waals surface area (Å²) in [5, 5.41) is 38.0. The number of unbranched alkanes of at least 4 members (excludes halogenated alkanes) is 2. The first-order valence-electron chi connectivity index (χ1n) is 21.5. The fourth-order valence-corrected chi connectivity index (χ4v) is 8.87. The van der Waals surface area contributed by atoms with E-state index in [0.29, 0.717) is 23.7 Å². The normalized spacial score (nSPS) is 15.9. The van der Waals surface area contributed by atoms with Gasteiger partial charge in [0.15, 0.2) is 46.0 Å². The van der Waals surface area contributed by atoms with Crippen LogP contribution in [0.1, 0.15) is 73.6 Å². The minimum absolute atomic E-state index is 0.160. The molecule has 0 radical (unpaired) electrons. The van der Waals surface area contributed by atoms with Crippen molar-refractivity contribution in [3.8, 4) is 46.0 Å². The second-order valence-corrected chi connectivity index (χ2v) is 16.1. The number of aliphatic hydroxyl groups excluding tert-OH is 4. The van der Waals surface area contributed by atoms with Gasteiger partial charge in [0.1, 0.15) is 0 Å². The molecular weight excluding hydrogens is 769 g/mol. The van der Waals surface area contributed by atoms with Gasteiger partial charge in [-0.25, -0.2) is 0 Å². The summed E-state index contributed by atoms with van der Waals surface area (Å²) in [5.41, 5.74) is 4.80. The van der Waals surface area contributed by atoms with E-state index in [1.54, 1.807) is 0 Å². The summed E-state index contributed by atoms with van der Waals surface area (Å²) < 4.78 is 43.9. The number of rotatable bonds is 22. The van der Waals surface area contributed by atoms with Crippen LogP contribution in [0.4, 0.5) is 0 Å². The standard InChI is InChI=1S/2C24H30O6/c2*25-9-2-1-3-19(11-17-4-6-21-23(13-17)29-15-27-21)20(8-10-26)12-18-5-7-22-24(14-18)30-16-28-22/h2*4-7,13-14,19-20,25-26H,1-3,8-12,15-16H2/t2*19-,20-/m10/s1. The number of ether oxygens (including phenoxy) is 8. The minimum atomic E-state index is 0.160. The topological polar surface area (TPSA) is 155 Å². The van der Waals surface area contributed by atoms with Crippen molar-refractivity contribution >= 4 is 0 Å². The Morgan fingerprint density at radius 1 is 0.317 bits per heavy atom. The lowest BCUT2D eigenvalue weighted by atomic mass is 9.78. The molecule has 4 aliphatic rings. The quantitative estimate of drug-likeness (QED) is 0.0584. The smallest absolute Gasteiger partial charge is 0.231 e. The average molecular weight is 829 g/mol.